The molecule has 0 unspecified atom stereocenters. The van der Waals surface area contributed by atoms with E-state index in [-0.39, 0.29) is 0 Å². The van der Waals surface area contributed by atoms with Crippen LogP contribution in [0.3, 0.4) is 0 Å². The molecular formula is C13H19N5S. The van der Waals surface area contributed by atoms with Gasteiger partial charge >= 0.3 is 0 Å². The number of rotatable bonds is 6. The first-order valence-corrected chi connectivity index (χ1v) is 7.29. The van der Waals surface area contributed by atoms with Crippen molar-refractivity contribution >= 4 is 23.1 Å². The van der Waals surface area contributed by atoms with Crippen LogP contribution in [0.25, 0.3) is 0 Å². The second-order valence-electron chi connectivity index (χ2n) is 4.28. The fourth-order valence-corrected chi connectivity index (χ4v) is 2.39. The monoisotopic (exact) mass is 277 g/mol. The standard InChI is InChI=1S/C13H19N5S/c1-4-14-13-16-9(2)7-12(18-13)15-6-5-11-8-19-10(3)17-11/h7-8H,4-6H2,1-3H3,(H2,14,15,16,18). The predicted octanol–water partition coefficient (Wildman–Crippen LogP) is 2.64. The zero-order valence-electron chi connectivity index (χ0n) is 11.5. The summed E-state index contributed by atoms with van der Waals surface area (Å²) in [7, 11) is 0. The Morgan fingerprint density at radius 1 is 1.16 bits per heavy atom. The number of aromatic nitrogens is 3. The van der Waals surface area contributed by atoms with Gasteiger partial charge in [-0.15, -0.1) is 11.3 Å². The molecule has 0 bridgehead atoms. The minimum absolute atomic E-state index is 0.675. The van der Waals surface area contributed by atoms with Crippen molar-refractivity contribution in [2.45, 2.75) is 27.2 Å². The maximum absolute atomic E-state index is 4.44. The largest absolute Gasteiger partial charge is 0.370 e. The number of nitrogens with one attached hydrogen (secondary N) is 2. The highest BCUT2D eigenvalue weighted by Gasteiger charge is 2.02. The number of aryl methyl sites for hydroxylation is 2. The Morgan fingerprint density at radius 2 is 2.00 bits per heavy atom. The first kappa shape index (κ1) is 13.7. The van der Waals surface area contributed by atoms with Crippen LogP contribution < -0.4 is 10.6 Å². The summed E-state index contributed by atoms with van der Waals surface area (Å²) in [4.78, 5) is 13.2. The highest BCUT2D eigenvalue weighted by molar-refractivity contribution is 7.09. The third-order valence-electron chi connectivity index (χ3n) is 2.54. The van der Waals surface area contributed by atoms with Gasteiger partial charge in [-0.3, -0.25) is 0 Å². The molecule has 2 rings (SSSR count). The van der Waals surface area contributed by atoms with Crippen molar-refractivity contribution in [3.8, 4) is 0 Å². The molecule has 0 spiro atoms. The van der Waals surface area contributed by atoms with Gasteiger partial charge in [0.05, 0.1) is 10.7 Å². The van der Waals surface area contributed by atoms with E-state index in [1.165, 1.54) is 0 Å². The summed E-state index contributed by atoms with van der Waals surface area (Å²) < 4.78 is 0. The Labute approximate surface area is 117 Å². The fourth-order valence-electron chi connectivity index (χ4n) is 1.74. The second-order valence-corrected chi connectivity index (χ2v) is 5.35. The molecule has 0 aliphatic rings. The van der Waals surface area contributed by atoms with E-state index in [0.29, 0.717) is 5.95 Å². The van der Waals surface area contributed by atoms with E-state index in [2.05, 4.69) is 31.0 Å². The summed E-state index contributed by atoms with van der Waals surface area (Å²) in [6.07, 6.45) is 0.907. The molecule has 2 aromatic rings. The average molecular weight is 277 g/mol. The number of hydrogen-bond acceptors (Lipinski definition) is 6. The summed E-state index contributed by atoms with van der Waals surface area (Å²) >= 11 is 1.69. The molecule has 0 aliphatic carbocycles. The summed E-state index contributed by atoms with van der Waals surface area (Å²) in [6, 6.07) is 1.95. The zero-order valence-corrected chi connectivity index (χ0v) is 12.3. The van der Waals surface area contributed by atoms with Gasteiger partial charge < -0.3 is 10.6 Å². The zero-order chi connectivity index (χ0) is 13.7. The van der Waals surface area contributed by atoms with Crippen molar-refractivity contribution in [1.29, 1.82) is 0 Å². The summed E-state index contributed by atoms with van der Waals surface area (Å²) in [5.41, 5.74) is 2.09. The van der Waals surface area contributed by atoms with E-state index in [0.717, 1.165) is 41.7 Å². The Balaban J connectivity index is 1.91. The van der Waals surface area contributed by atoms with E-state index in [4.69, 9.17) is 0 Å². The number of hydrogen-bond donors (Lipinski definition) is 2. The van der Waals surface area contributed by atoms with Crippen molar-refractivity contribution in [3.63, 3.8) is 0 Å². The lowest BCUT2D eigenvalue weighted by Crippen LogP contribution is -2.10. The molecule has 5 nitrogen and oxygen atoms in total. The van der Waals surface area contributed by atoms with Crippen LogP contribution in [0.5, 0.6) is 0 Å². The maximum atomic E-state index is 4.44. The molecule has 0 saturated heterocycles. The number of anilines is 2. The van der Waals surface area contributed by atoms with Crippen molar-refractivity contribution in [1.82, 2.24) is 15.0 Å². The second kappa shape index (κ2) is 6.47. The Hall–Kier alpha value is -1.69. The van der Waals surface area contributed by atoms with Gasteiger partial charge in [0, 0.05) is 36.7 Å². The van der Waals surface area contributed by atoms with E-state index in [1.54, 1.807) is 11.3 Å². The highest BCUT2D eigenvalue weighted by atomic mass is 32.1. The first-order valence-electron chi connectivity index (χ1n) is 6.42. The molecule has 0 saturated carbocycles. The fraction of sp³-hybridized carbons (Fsp3) is 0.462. The SMILES string of the molecule is CCNc1nc(C)cc(NCCc2csc(C)n2)n1. The van der Waals surface area contributed by atoms with E-state index in [9.17, 15) is 0 Å². The quantitative estimate of drug-likeness (QED) is 0.850. The van der Waals surface area contributed by atoms with Crippen molar-refractivity contribution in [2.75, 3.05) is 23.7 Å². The van der Waals surface area contributed by atoms with Crippen molar-refractivity contribution < 1.29 is 0 Å². The van der Waals surface area contributed by atoms with Gasteiger partial charge in [0.25, 0.3) is 0 Å². The van der Waals surface area contributed by atoms with Gasteiger partial charge in [0.2, 0.25) is 5.95 Å². The van der Waals surface area contributed by atoms with Gasteiger partial charge in [-0.25, -0.2) is 9.97 Å². The van der Waals surface area contributed by atoms with E-state index in [1.807, 2.05) is 26.8 Å². The third-order valence-corrected chi connectivity index (χ3v) is 3.37. The van der Waals surface area contributed by atoms with Gasteiger partial charge in [-0.05, 0) is 20.8 Å². The molecule has 0 atom stereocenters. The molecular weight excluding hydrogens is 258 g/mol. The van der Waals surface area contributed by atoms with E-state index >= 15 is 0 Å². The third kappa shape index (κ3) is 4.17. The summed E-state index contributed by atoms with van der Waals surface area (Å²) in [5.74, 6) is 1.53. The molecule has 6 heteroatoms. The van der Waals surface area contributed by atoms with Crippen LogP contribution in [0, 0.1) is 13.8 Å². The minimum atomic E-state index is 0.675. The molecule has 19 heavy (non-hydrogen) atoms. The lowest BCUT2D eigenvalue weighted by molar-refractivity contribution is 0.952. The Bertz CT molecular complexity index is 538. The van der Waals surface area contributed by atoms with Crippen LogP contribution in [-0.4, -0.2) is 28.0 Å². The molecule has 102 valence electrons. The van der Waals surface area contributed by atoms with Crippen LogP contribution in [0.15, 0.2) is 11.4 Å². The van der Waals surface area contributed by atoms with Gasteiger partial charge in [-0.2, -0.15) is 4.98 Å². The lowest BCUT2D eigenvalue weighted by atomic mass is 10.3. The van der Waals surface area contributed by atoms with Crippen molar-refractivity contribution in [3.05, 3.63) is 27.8 Å². The summed E-state index contributed by atoms with van der Waals surface area (Å²) in [6.45, 7) is 7.67. The van der Waals surface area contributed by atoms with Crippen LogP contribution in [0.1, 0.15) is 23.3 Å². The molecule has 2 heterocycles. The van der Waals surface area contributed by atoms with Gasteiger partial charge in [-0.1, -0.05) is 0 Å². The van der Waals surface area contributed by atoms with Crippen LogP contribution >= 0.6 is 11.3 Å². The highest BCUT2D eigenvalue weighted by Crippen LogP contribution is 2.11. The van der Waals surface area contributed by atoms with Crippen molar-refractivity contribution in [2.24, 2.45) is 0 Å². The van der Waals surface area contributed by atoms with Gasteiger partial charge in [0.1, 0.15) is 5.82 Å². The van der Waals surface area contributed by atoms with Gasteiger partial charge in [0.15, 0.2) is 0 Å². The molecule has 0 aliphatic heterocycles. The normalized spacial score (nSPS) is 10.5. The van der Waals surface area contributed by atoms with Crippen LogP contribution in [-0.2, 0) is 6.42 Å². The molecule has 2 N–H and O–H groups in total. The van der Waals surface area contributed by atoms with E-state index < -0.39 is 0 Å². The maximum Gasteiger partial charge on any atom is 0.224 e. The Kier molecular flexibility index (Phi) is 4.68. The Morgan fingerprint density at radius 3 is 2.68 bits per heavy atom. The predicted molar refractivity (Wildman–Crippen MR) is 80.0 cm³/mol. The molecule has 0 radical (unpaired) electrons. The lowest BCUT2D eigenvalue weighted by Gasteiger charge is -2.08. The topological polar surface area (TPSA) is 62.7 Å². The molecule has 2 aromatic heterocycles. The first-order chi connectivity index (χ1) is 9.17. The smallest absolute Gasteiger partial charge is 0.224 e. The molecule has 0 fully saturated rings. The summed E-state index contributed by atoms with van der Waals surface area (Å²) in [5, 5.41) is 9.66. The average Bonchev–Trinajstić information content (AvgIpc) is 2.75. The molecule has 0 aromatic carbocycles. The molecule has 0 amide bonds. The van der Waals surface area contributed by atoms with Crippen LogP contribution in [0.4, 0.5) is 11.8 Å². The number of nitrogens with zero attached hydrogens (tertiary/aromatic N) is 3. The number of thiazole rings is 1. The van der Waals surface area contributed by atoms with Crippen LogP contribution in [0.2, 0.25) is 0 Å². The minimum Gasteiger partial charge on any atom is -0.370 e.